The molecule has 2 aliphatic carbocycles. The van der Waals surface area contributed by atoms with Crippen molar-refractivity contribution in [3.63, 3.8) is 0 Å². The Morgan fingerprint density at radius 2 is 1.82 bits per heavy atom. The quantitative estimate of drug-likeness (QED) is 0.237. The maximum atomic E-state index is 14.0. The third-order valence-electron chi connectivity index (χ3n) is 8.52. The van der Waals surface area contributed by atoms with E-state index in [-0.39, 0.29) is 56.6 Å². The van der Waals surface area contributed by atoms with E-state index in [4.69, 9.17) is 0 Å². The van der Waals surface area contributed by atoms with E-state index in [1.165, 1.54) is 0 Å². The molecule has 0 radical (unpaired) electrons. The number of aromatic amines is 1. The Labute approximate surface area is 247 Å². The Hall–Kier alpha value is -3.72. The summed E-state index contributed by atoms with van der Waals surface area (Å²) in [6.07, 6.45) is -5.77. The fraction of sp³-hybridized carbons (Fsp3) is 0.607. The van der Waals surface area contributed by atoms with Crippen LogP contribution in [0.2, 0.25) is 0 Å². The summed E-state index contributed by atoms with van der Waals surface area (Å²) >= 11 is 0. The number of carbonyl (C=O) groups excluding carboxylic acids is 2. The molecule has 0 saturated heterocycles. The number of rotatable bonds is 10. The molecular formula is C28H32F7N7O2. The van der Waals surface area contributed by atoms with Crippen molar-refractivity contribution in [1.29, 1.82) is 0 Å². The molecule has 44 heavy (non-hydrogen) atoms. The number of nitrogens with one attached hydrogen (secondary N) is 3. The van der Waals surface area contributed by atoms with Crippen molar-refractivity contribution in [2.45, 2.75) is 94.9 Å². The second kappa shape index (κ2) is 12.0. The van der Waals surface area contributed by atoms with Gasteiger partial charge >= 0.3 is 6.18 Å². The van der Waals surface area contributed by atoms with Gasteiger partial charge in [-0.15, -0.1) is 5.10 Å². The van der Waals surface area contributed by atoms with Gasteiger partial charge in [0.25, 0.3) is 11.8 Å². The molecule has 2 aliphatic rings. The van der Waals surface area contributed by atoms with E-state index in [1.54, 1.807) is 25.1 Å². The molecule has 1 unspecified atom stereocenters. The van der Waals surface area contributed by atoms with Crippen LogP contribution in [0.4, 0.5) is 30.7 Å². The molecule has 2 heterocycles. The number of nitrogens with zero attached hydrogens (tertiary/aromatic N) is 4. The highest BCUT2D eigenvalue weighted by Crippen LogP contribution is 2.44. The van der Waals surface area contributed by atoms with Gasteiger partial charge in [-0.1, -0.05) is 11.3 Å². The molecule has 16 heteroatoms. The van der Waals surface area contributed by atoms with Gasteiger partial charge in [0.2, 0.25) is 11.8 Å². The van der Waals surface area contributed by atoms with Gasteiger partial charge < -0.3 is 15.6 Å². The second-order valence-electron chi connectivity index (χ2n) is 11.7. The van der Waals surface area contributed by atoms with E-state index in [0.717, 1.165) is 10.9 Å². The molecule has 0 spiro atoms. The highest BCUT2D eigenvalue weighted by atomic mass is 19.4. The van der Waals surface area contributed by atoms with Crippen LogP contribution in [-0.4, -0.2) is 54.8 Å². The Morgan fingerprint density at radius 1 is 1.09 bits per heavy atom. The van der Waals surface area contributed by atoms with Gasteiger partial charge in [-0.25, -0.2) is 27.2 Å². The van der Waals surface area contributed by atoms with Crippen LogP contribution in [0.5, 0.6) is 0 Å². The first-order valence-electron chi connectivity index (χ1n) is 14.4. The number of amides is 2. The van der Waals surface area contributed by atoms with Crippen LogP contribution in [0.1, 0.15) is 92.3 Å². The predicted molar refractivity (Wildman–Crippen MR) is 143 cm³/mol. The fourth-order valence-corrected chi connectivity index (χ4v) is 5.70. The maximum Gasteiger partial charge on any atom is 0.389 e. The highest BCUT2D eigenvalue weighted by molar-refractivity contribution is 5.92. The first-order valence-corrected chi connectivity index (χ1v) is 14.4. The zero-order valence-electron chi connectivity index (χ0n) is 23.7. The van der Waals surface area contributed by atoms with Crippen LogP contribution < -0.4 is 10.6 Å². The molecule has 5 rings (SSSR count). The van der Waals surface area contributed by atoms with Crippen LogP contribution in [0.25, 0.3) is 11.0 Å². The van der Waals surface area contributed by atoms with Crippen LogP contribution in [0, 0.1) is 11.8 Å². The van der Waals surface area contributed by atoms with Crippen molar-refractivity contribution in [2.75, 3.05) is 0 Å². The van der Waals surface area contributed by atoms with Crippen LogP contribution in [-0.2, 0) is 11.3 Å². The molecule has 2 amide bonds. The van der Waals surface area contributed by atoms with Crippen molar-refractivity contribution in [1.82, 2.24) is 35.6 Å². The number of halogens is 7. The maximum absolute atomic E-state index is 14.0. The van der Waals surface area contributed by atoms with Gasteiger partial charge in [0.1, 0.15) is 11.5 Å². The minimum Gasteiger partial charge on any atom is -0.350 e. The van der Waals surface area contributed by atoms with E-state index in [1.807, 2.05) is 0 Å². The number of hydrogen-bond acceptors (Lipinski definition) is 5. The fourth-order valence-electron chi connectivity index (χ4n) is 5.70. The summed E-state index contributed by atoms with van der Waals surface area (Å²) in [6, 6.07) is 3.48. The predicted octanol–water partition coefficient (Wildman–Crippen LogP) is 6.02. The number of carbonyl (C=O) groups is 2. The summed E-state index contributed by atoms with van der Waals surface area (Å²) in [7, 11) is 0. The number of H-pyrrole nitrogens is 1. The molecule has 1 aromatic carbocycles. The molecule has 3 N–H and O–H groups in total. The summed E-state index contributed by atoms with van der Waals surface area (Å²) in [4.78, 5) is 33.1. The second-order valence-corrected chi connectivity index (χ2v) is 11.7. The van der Waals surface area contributed by atoms with E-state index in [0.29, 0.717) is 16.6 Å². The third kappa shape index (κ3) is 7.32. The lowest BCUT2D eigenvalue weighted by Crippen LogP contribution is -2.42. The van der Waals surface area contributed by atoms with Crippen LogP contribution in [0.3, 0.4) is 0 Å². The lowest BCUT2D eigenvalue weighted by molar-refractivity contribution is -0.144. The smallest absolute Gasteiger partial charge is 0.350 e. The highest BCUT2D eigenvalue weighted by Gasteiger charge is 2.48. The molecule has 0 aliphatic heterocycles. The zero-order valence-corrected chi connectivity index (χ0v) is 23.7. The van der Waals surface area contributed by atoms with Crippen LogP contribution in [0.15, 0.2) is 24.4 Å². The molecule has 2 aromatic heterocycles. The summed E-state index contributed by atoms with van der Waals surface area (Å²) in [5.41, 5.74) is 1.48. The SMILES string of the molecule is C[C@@H](NC(=O)CCC(F)(F)F)c1ccc2[nH]c([C@@H](NC(=O)c3cnnn3CC3CCC3(F)F)C3CCC(F)(F)CC3)nc2c1. The van der Waals surface area contributed by atoms with Crippen molar-refractivity contribution in [3.8, 4) is 0 Å². The summed E-state index contributed by atoms with van der Waals surface area (Å²) in [5, 5.41) is 12.9. The van der Waals surface area contributed by atoms with Crippen molar-refractivity contribution >= 4 is 22.8 Å². The van der Waals surface area contributed by atoms with Crippen molar-refractivity contribution in [2.24, 2.45) is 11.8 Å². The van der Waals surface area contributed by atoms with E-state index >= 15 is 0 Å². The molecule has 9 nitrogen and oxygen atoms in total. The lowest BCUT2D eigenvalue weighted by Gasteiger charge is -2.36. The topological polar surface area (TPSA) is 118 Å². The average Bonchev–Trinajstić information content (AvgIpc) is 3.59. The van der Waals surface area contributed by atoms with Gasteiger partial charge in [-0.2, -0.15) is 13.2 Å². The Kier molecular flexibility index (Phi) is 8.64. The first-order chi connectivity index (χ1) is 20.6. The molecule has 0 bridgehead atoms. The molecule has 2 saturated carbocycles. The molecular weight excluding hydrogens is 599 g/mol. The van der Waals surface area contributed by atoms with Gasteiger partial charge in [-0.3, -0.25) is 9.59 Å². The largest absolute Gasteiger partial charge is 0.389 e. The number of fused-ring (bicyclic) bond motifs is 1. The van der Waals surface area contributed by atoms with E-state index in [9.17, 15) is 40.3 Å². The number of aromatic nitrogens is 5. The van der Waals surface area contributed by atoms with Crippen LogP contribution >= 0.6 is 0 Å². The Balaban J connectivity index is 1.35. The van der Waals surface area contributed by atoms with E-state index < -0.39 is 66.6 Å². The Morgan fingerprint density at radius 3 is 2.45 bits per heavy atom. The monoisotopic (exact) mass is 631 g/mol. The molecule has 240 valence electrons. The minimum absolute atomic E-state index is 0.0488. The summed E-state index contributed by atoms with van der Waals surface area (Å²) in [6.45, 7) is 1.41. The first kappa shape index (κ1) is 31.7. The summed E-state index contributed by atoms with van der Waals surface area (Å²) in [5.74, 6) is -8.23. The minimum atomic E-state index is -4.45. The molecule has 2 fully saturated rings. The van der Waals surface area contributed by atoms with Gasteiger partial charge in [0.05, 0.1) is 42.3 Å². The van der Waals surface area contributed by atoms with Crippen molar-refractivity contribution in [3.05, 3.63) is 41.5 Å². The van der Waals surface area contributed by atoms with Gasteiger partial charge in [0.15, 0.2) is 0 Å². The van der Waals surface area contributed by atoms with E-state index in [2.05, 4.69) is 30.9 Å². The molecule has 3 atom stereocenters. The number of benzene rings is 1. The number of alkyl halides is 7. The molecule has 3 aromatic rings. The third-order valence-corrected chi connectivity index (χ3v) is 8.52. The lowest BCUT2D eigenvalue weighted by atomic mass is 9.81. The number of hydrogen-bond donors (Lipinski definition) is 3. The normalized spacial score (nSPS) is 21.4. The van der Waals surface area contributed by atoms with Gasteiger partial charge in [0, 0.05) is 31.6 Å². The van der Waals surface area contributed by atoms with Crippen molar-refractivity contribution < 1.29 is 40.3 Å². The summed E-state index contributed by atoms with van der Waals surface area (Å²) < 4.78 is 94.3. The zero-order chi connectivity index (χ0) is 31.9. The average molecular weight is 632 g/mol. The number of imidazole rings is 1. The standard InChI is InChI=1S/C28H32F7N7O2/c1-15(37-22(43)7-11-28(33,34)35)17-2-3-19-20(12-17)39-24(38-19)23(16-4-8-26(29,30)9-5-16)40-25(44)21-13-36-41-42(21)14-18-6-10-27(18,31)32/h2-3,12-13,15-16,18,23H,4-11,14H2,1H3,(H,37,43)(H,38,39)(H,40,44)/t15-,18?,23+/m1/s1. The van der Waals surface area contributed by atoms with Gasteiger partial charge in [-0.05, 0) is 49.8 Å². The Bertz CT molecular complexity index is 1490.